The molecule has 1 amide bonds. The maximum atomic E-state index is 11.4. The van der Waals surface area contributed by atoms with Crippen molar-refractivity contribution in [2.45, 2.75) is 6.17 Å². The van der Waals surface area contributed by atoms with Crippen LogP contribution in [0.3, 0.4) is 0 Å². The summed E-state index contributed by atoms with van der Waals surface area (Å²) in [5.41, 5.74) is 5.76. The summed E-state index contributed by atoms with van der Waals surface area (Å²) in [5.74, 6) is -0.412. The molecule has 17 heavy (non-hydrogen) atoms. The van der Waals surface area contributed by atoms with Crippen LogP contribution in [-0.4, -0.2) is 25.9 Å². The minimum absolute atomic E-state index is 0.412. The Morgan fingerprint density at radius 1 is 1.29 bits per heavy atom. The van der Waals surface area contributed by atoms with Crippen molar-refractivity contribution in [2.75, 3.05) is 0 Å². The zero-order valence-electron chi connectivity index (χ0n) is 9.17. The molecule has 3 N–H and O–H groups in total. The van der Waals surface area contributed by atoms with E-state index in [-0.39, 0.29) is 0 Å². The third kappa shape index (κ3) is 6.29. The lowest BCUT2D eigenvalue weighted by atomic mass is 10.2. The third-order valence-electron chi connectivity index (χ3n) is 1.59. The van der Waals surface area contributed by atoms with Crippen molar-refractivity contribution in [2.24, 2.45) is 5.73 Å². The van der Waals surface area contributed by atoms with Crippen LogP contribution in [0.4, 0.5) is 0 Å². The Bertz CT molecular complexity index is 475. The summed E-state index contributed by atoms with van der Waals surface area (Å²) in [6, 6.07) is 8.40. The van der Waals surface area contributed by atoms with Crippen molar-refractivity contribution in [1.29, 1.82) is 0 Å². The van der Waals surface area contributed by atoms with Crippen LogP contribution in [0.2, 0.25) is 0 Å². The first-order chi connectivity index (χ1) is 8.09. The van der Waals surface area contributed by atoms with E-state index in [0.29, 0.717) is 5.56 Å². The quantitative estimate of drug-likeness (QED) is 0.457. The second kappa shape index (κ2) is 8.26. The highest BCUT2D eigenvalue weighted by Gasteiger charge is 2.07. The summed E-state index contributed by atoms with van der Waals surface area (Å²) in [6.45, 7) is 6.00. The van der Waals surface area contributed by atoms with Gasteiger partial charge in [0.05, 0.1) is 5.37 Å². The number of rotatable bonds is 3. The molecule has 5 nitrogen and oxygen atoms in total. The molecular weight excluding hydrogens is 240 g/mol. The van der Waals surface area contributed by atoms with Crippen molar-refractivity contribution < 1.29 is 13.2 Å². The van der Waals surface area contributed by atoms with Crippen molar-refractivity contribution in [1.82, 2.24) is 5.32 Å². The lowest BCUT2D eigenvalue weighted by molar-refractivity contribution is 0.0948. The zero-order valence-corrected chi connectivity index (χ0v) is 9.98. The molecule has 0 aliphatic rings. The smallest absolute Gasteiger partial charge is 0.252 e. The molecule has 0 spiro atoms. The fourth-order valence-electron chi connectivity index (χ4n) is 0.978. The molecule has 6 heteroatoms. The Morgan fingerprint density at radius 2 is 1.82 bits per heavy atom. The number of carbonyl (C=O) groups excluding carboxylic acids is 1. The molecule has 1 unspecified atom stereocenters. The van der Waals surface area contributed by atoms with Gasteiger partial charge in [0.25, 0.3) is 5.91 Å². The zero-order chi connectivity index (χ0) is 13.3. The molecule has 0 bridgehead atoms. The van der Waals surface area contributed by atoms with Gasteiger partial charge in [0.1, 0.15) is 6.17 Å². The maximum Gasteiger partial charge on any atom is 0.252 e. The lowest BCUT2D eigenvalue weighted by Gasteiger charge is -2.07. The minimum Gasteiger partial charge on any atom is -0.332 e. The summed E-state index contributed by atoms with van der Waals surface area (Å²) in [6.07, 6.45) is -1.00. The van der Waals surface area contributed by atoms with Crippen LogP contribution in [-0.2, 0) is 10.3 Å². The molecule has 0 saturated carbocycles. The number of nitrogens with one attached hydrogen (secondary N) is 1. The van der Waals surface area contributed by atoms with E-state index in [9.17, 15) is 13.2 Å². The Balaban J connectivity index is 0.00000121. The van der Waals surface area contributed by atoms with Crippen LogP contribution in [0, 0.1) is 0 Å². The number of amides is 1. The lowest BCUT2D eigenvalue weighted by Crippen LogP contribution is -2.42. The van der Waals surface area contributed by atoms with Crippen LogP contribution in [0.25, 0.3) is 0 Å². The number of hydrogen-bond acceptors (Lipinski definition) is 4. The van der Waals surface area contributed by atoms with E-state index in [1.54, 1.807) is 30.3 Å². The second-order valence-electron chi connectivity index (χ2n) is 2.76. The van der Waals surface area contributed by atoms with Crippen LogP contribution >= 0.6 is 0 Å². The van der Waals surface area contributed by atoms with Gasteiger partial charge in [-0.25, -0.2) is 0 Å². The standard InChI is InChI=1S/C9H10N2O3S.C2H4/c10-8(6-15(13)14)11-9(12)7-4-2-1-3-5-7;1-2/h1-6,8H,10H2,(H,11,12);1-2H2. The largest absolute Gasteiger partial charge is 0.332 e. The average molecular weight is 254 g/mol. The molecular formula is C11H14N2O3S. The predicted octanol–water partition coefficient (Wildman–Crippen LogP) is 0.185. The molecule has 92 valence electrons. The van der Waals surface area contributed by atoms with Gasteiger partial charge in [-0.3, -0.25) is 4.79 Å². The molecule has 0 aromatic heterocycles. The highest BCUT2D eigenvalue weighted by Crippen LogP contribution is 1.97. The summed E-state index contributed by atoms with van der Waals surface area (Å²) in [7, 11) is -2.38. The van der Waals surface area contributed by atoms with Gasteiger partial charge in [-0.2, -0.15) is 8.42 Å². The van der Waals surface area contributed by atoms with E-state index in [0.717, 1.165) is 5.37 Å². The second-order valence-corrected chi connectivity index (χ2v) is 3.55. The fraction of sp³-hybridized carbons (Fsp3) is 0.0909. The fourth-order valence-corrected chi connectivity index (χ4v) is 1.29. The first-order valence-corrected chi connectivity index (χ1v) is 5.78. The Hall–Kier alpha value is -1.92. The number of nitrogens with two attached hydrogens (primary N) is 1. The monoisotopic (exact) mass is 254 g/mol. The Labute approximate surface area is 101 Å². The molecule has 1 aromatic carbocycles. The molecule has 0 fully saturated rings. The van der Waals surface area contributed by atoms with Crippen molar-refractivity contribution in [3.8, 4) is 0 Å². The van der Waals surface area contributed by atoms with Gasteiger partial charge in [0.2, 0.25) is 10.3 Å². The average Bonchev–Trinajstić information content (AvgIpc) is 2.31. The molecule has 0 aliphatic heterocycles. The highest BCUT2D eigenvalue weighted by molar-refractivity contribution is 7.71. The van der Waals surface area contributed by atoms with Gasteiger partial charge < -0.3 is 11.1 Å². The molecule has 0 radical (unpaired) electrons. The summed E-state index contributed by atoms with van der Waals surface area (Å²) < 4.78 is 20.5. The molecule has 0 saturated heterocycles. The normalized spacial score (nSPS) is 10.4. The van der Waals surface area contributed by atoms with E-state index in [4.69, 9.17) is 5.73 Å². The van der Waals surface area contributed by atoms with Crippen molar-refractivity contribution in [3.05, 3.63) is 49.1 Å². The van der Waals surface area contributed by atoms with E-state index >= 15 is 0 Å². The number of carbonyl (C=O) groups is 1. The number of benzene rings is 1. The third-order valence-corrected chi connectivity index (χ3v) is 2.11. The summed E-state index contributed by atoms with van der Waals surface area (Å²) >= 11 is 0. The van der Waals surface area contributed by atoms with E-state index in [1.165, 1.54) is 0 Å². The first-order valence-electron chi connectivity index (χ1n) is 4.64. The Kier molecular flexibility index (Phi) is 7.32. The van der Waals surface area contributed by atoms with E-state index in [2.05, 4.69) is 18.5 Å². The van der Waals surface area contributed by atoms with Crippen molar-refractivity contribution in [3.63, 3.8) is 0 Å². The van der Waals surface area contributed by atoms with Gasteiger partial charge in [-0.05, 0) is 12.1 Å². The van der Waals surface area contributed by atoms with Gasteiger partial charge in [-0.1, -0.05) is 18.2 Å². The summed E-state index contributed by atoms with van der Waals surface area (Å²) in [5, 5.41) is 3.12. The highest BCUT2D eigenvalue weighted by atomic mass is 32.2. The van der Waals surface area contributed by atoms with Gasteiger partial charge in [0.15, 0.2) is 0 Å². The van der Waals surface area contributed by atoms with Crippen LogP contribution in [0.1, 0.15) is 10.4 Å². The minimum atomic E-state index is -2.38. The molecule has 1 rings (SSSR count). The van der Waals surface area contributed by atoms with Gasteiger partial charge >= 0.3 is 0 Å². The van der Waals surface area contributed by atoms with Gasteiger partial charge in [-0.15, -0.1) is 13.2 Å². The topological polar surface area (TPSA) is 89.3 Å². The SMILES string of the molecule is C=C.NC(C=S(=O)=O)NC(=O)c1ccccc1. The Morgan fingerprint density at radius 3 is 2.29 bits per heavy atom. The predicted molar refractivity (Wildman–Crippen MR) is 68.1 cm³/mol. The van der Waals surface area contributed by atoms with Crippen LogP contribution < -0.4 is 11.1 Å². The van der Waals surface area contributed by atoms with Crippen LogP contribution in [0.5, 0.6) is 0 Å². The molecule has 1 aromatic rings. The molecule has 0 heterocycles. The summed E-state index contributed by atoms with van der Waals surface area (Å²) in [4.78, 5) is 11.4. The van der Waals surface area contributed by atoms with Crippen LogP contribution in [0.15, 0.2) is 43.5 Å². The molecule has 1 atom stereocenters. The van der Waals surface area contributed by atoms with E-state index < -0.39 is 22.4 Å². The maximum absolute atomic E-state index is 11.4. The van der Waals surface area contributed by atoms with Gasteiger partial charge in [0, 0.05) is 5.56 Å². The number of hydrogen-bond donors (Lipinski definition) is 2. The van der Waals surface area contributed by atoms with E-state index in [1.807, 2.05) is 0 Å². The molecule has 0 aliphatic carbocycles. The van der Waals surface area contributed by atoms with Crippen molar-refractivity contribution >= 4 is 21.6 Å². The first kappa shape index (κ1) is 15.1.